The summed E-state index contributed by atoms with van der Waals surface area (Å²) in [6, 6.07) is 0. The van der Waals surface area contributed by atoms with Gasteiger partial charge in [0.1, 0.15) is 4.75 Å². The Kier molecular flexibility index (Phi) is 3.27. The van der Waals surface area contributed by atoms with Gasteiger partial charge in [0.25, 0.3) is 0 Å². The first-order chi connectivity index (χ1) is 12.1. The van der Waals surface area contributed by atoms with Crippen molar-refractivity contribution in [2.45, 2.75) is 50.2 Å². The Morgan fingerprint density at radius 2 is 1.52 bits per heavy atom. The minimum Gasteiger partial charge on any atom is -0.223 e. The standard InChI is InChI=1S/C17H14F6O2S2/c1-6-5-9-12-13(16(20,21)17(22,23)15(12,18)19)10-7(2)26-8(3)11(10)14(9,4)27(6,24)25/h5,9H,1-4H3/t9-,14+/m0/s1. The summed E-state index contributed by atoms with van der Waals surface area (Å²) in [5, 5.41) is 0. The second-order valence-electron chi connectivity index (χ2n) is 7.34. The van der Waals surface area contributed by atoms with Crippen LogP contribution in [0.2, 0.25) is 0 Å². The average molecular weight is 428 g/mol. The van der Waals surface area contributed by atoms with Crippen LogP contribution in [0.1, 0.15) is 34.7 Å². The molecule has 2 atom stereocenters. The van der Waals surface area contributed by atoms with E-state index in [4.69, 9.17) is 0 Å². The highest BCUT2D eigenvalue weighted by Gasteiger charge is 2.83. The third-order valence-corrected chi connectivity index (χ3v) is 9.58. The van der Waals surface area contributed by atoms with Crippen LogP contribution in [0.3, 0.4) is 0 Å². The van der Waals surface area contributed by atoms with Crippen molar-refractivity contribution in [3.05, 3.63) is 37.4 Å². The summed E-state index contributed by atoms with van der Waals surface area (Å²) in [5.74, 6) is -17.7. The lowest BCUT2D eigenvalue weighted by atomic mass is 9.71. The number of hydrogen-bond donors (Lipinski definition) is 0. The van der Waals surface area contributed by atoms with Gasteiger partial charge in [-0.05, 0) is 33.3 Å². The van der Waals surface area contributed by atoms with E-state index < -0.39 is 55.0 Å². The average Bonchev–Trinajstić information content (AvgIpc) is 2.94. The molecular formula is C17H14F6O2S2. The Morgan fingerprint density at radius 1 is 0.963 bits per heavy atom. The van der Waals surface area contributed by atoms with E-state index in [2.05, 4.69) is 0 Å². The lowest BCUT2D eigenvalue weighted by Gasteiger charge is -2.38. The van der Waals surface area contributed by atoms with Gasteiger partial charge in [-0.3, -0.25) is 0 Å². The molecule has 0 saturated carbocycles. The fourth-order valence-corrected chi connectivity index (χ4v) is 7.98. The van der Waals surface area contributed by atoms with Crippen molar-refractivity contribution in [1.82, 2.24) is 0 Å². The molecule has 0 saturated heterocycles. The maximum atomic E-state index is 14.7. The van der Waals surface area contributed by atoms with E-state index in [1.165, 1.54) is 13.8 Å². The predicted octanol–water partition coefficient (Wildman–Crippen LogP) is 5.22. The largest absolute Gasteiger partial charge is 0.380 e. The number of hydrogen-bond acceptors (Lipinski definition) is 3. The van der Waals surface area contributed by atoms with Crippen molar-refractivity contribution in [2.24, 2.45) is 5.92 Å². The third kappa shape index (κ3) is 1.66. The molecule has 0 spiro atoms. The summed E-state index contributed by atoms with van der Waals surface area (Å²) >= 11 is 0.940. The topological polar surface area (TPSA) is 34.1 Å². The normalized spacial score (nSPS) is 34.1. The van der Waals surface area contributed by atoms with Crippen LogP contribution >= 0.6 is 11.3 Å². The quantitative estimate of drug-likeness (QED) is 0.532. The van der Waals surface area contributed by atoms with Crippen LogP contribution in [0.25, 0.3) is 5.57 Å². The van der Waals surface area contributed by atoms with Crippen molar-refractivity contribution >= 4 is 26.7 Å². The minimum atomic E-state index is -5.65. The van der Waals surface area contributed by atoms with E-state index in [0.29, 0.717) is 4.88 Å². The third-order valence-electron chi connectivity index (χ3n) is 6.00. The number of fused-ring (bicyclic) bond motifs is 5. The molecule has 148 valence electrons. The molecule has 0 bridgehead atoms. The van der Waals surface area contributed by atoms with Crippen LogP contribution in [-0.2, 0) is 14.6 Å². The molecule has 2 aliphatic carbocycles. The van der Waals surface area contributed by atoms with Crippen molar-refractivity contribution in [2.75, 3.05) is 0 Å². The number of halogens is 6. The van der Waals surface area contributed by atoms with Crippen LogP contribution in [0, 0.1) is 19.8 Å². The lowest BCUT2D eigenvalue weighted by molar-refractivity contribution is -0.261. The van der Waals surface area contributed by atoms with Crippen molar-refractivity contribution < 1.29 is 34.8 Å². The van der Waals surface area contributed by atoms with Crippen LogP contribution < -0.4 is 0 Å². The number of allylic oxidation sites excluding steroid dienone is 4. The maximum absolute atomic E-state index is 14.7. The van der Waals surface area contributed by atoms with E-state index in [9.17, 15) is 34.8 Å². The summed E-state index contributed by atoms with van der Waals surface area (Å²) < 4.78 is 111. The first-order valence-electron chi connectivity index (χ1n) is 7.98. The molecule has 3 aliphatic rings. The monoisotopic (exact) mass is 428 g/mol. The molecule has 10 heteroatoms. The van der Waals surface area contributed by atoms with E-state index in [0.717, 1.165) is 31.3 Å². The van der Waals surface area contributed by atoms with Gasteiger partial charge in [0.2, 0.25) is 0 Å². The summed E-state index contributed by atoms with van der Waals surface area (Å²) in [4.78, 5) is 0.164. The van der Waals surface area contributed by atoms with Crippen LogP contribution in [0.15, 0.2) is 16.6 Å². The van der Waals surface area contributed by atoms with Crippen LogP contribution in [0.5, 0.6) is 0 Å². The molecule has 0 amide bonds. The van der Waals surface area contributed by atoms with Gasteiger partial charge >= 0.3 is 17.8 Å². The number of rotatable bonds is 0. The number of sulfone groups is 1. The van der Waals surface area contributed by atoms with Crippen molar-refractivity contribution in [1.29, 1.82) is 0 Å². The number of aryl methyl sites for hydroxylation is 2. The van der Waals surface area contributed by atoms with Crippen molar-refractivity contribution in [3.8, 4) is 0 Å². The molecule has 0 fully saturated rings. The molecule has 2 heterocycles. The van der Waals surface area contributed by atoms with Gasteiger partial charge in [0.05, 0.1) is 0 Å². The smallest absolute Gasteiger partial charge is 0.223 e. The lowest BCUT2D eigenvalue weighted by Crippen LogP contribution is -2.50. The van der Waals surface area contributed by atoms with Crippen LogP contribution in [-0.4, -0.2) is 26.2 Å². The molecule has 2 nitrogen and oxygen atoms in total. The van der Waals surface area contributed by atoms with E-state index in [-0.39, 0.29) is 15.3 Å². The highest BCUT2D eigenvalue weighted by molar-refractivity contribution is 7.96. The molecule has 0 aromatic carbocycles. The van der Waals surface area contributed by atoms with Crippen LogP contribution in [0.4, 0.5) is 26.3 Å². The Bertz CT molecular complexity index is 1080. The van der Waals surface area contributed by atoms with E-state index >= 15 is 0 Å². The maximum Gasteiger partial charge on any atom is 0.380 e. The summed E-state index contributed by atoms with van der Waals surface area (Å²) in [5.41, 5.74) is -3.44. The van der Waals surface area contributed by atoms with Crippen molar-refractivity contribution in [3.63, 3.8) is 0 Å². The first-order valence-corrected chi connectivity index (χ1v) is 10.3. The van der Waals surface area contributed by atoms with E-state index in [1.54, 1.807) is 0 Å². The molecule has 0 radical (unpaired) electrons. The Balaban J connectivity index is 2.25. The summed E-state index contributed by atoms with van der Waals surface area (Å²) in [6.07, 6.45) is 0.908. The van der Waals surface area contributed by atoms with Gasteiger partial charge in [-0.1, -0.05) is 6.08 Å². The fourth-order valence-electron chi connectivity index (χ4n) is 4.71. The Hall–Kier alpha value is -1.29. The second kappa shape index (κ2) is 4.64. The molecule has 0 N–H and O–H groups in total. The highest BCUT2D eigenvalue weighted by atomic mass is 32.2. The van der Waals surface area contributed by atoms with Gasteiger partial charge in [0.15, 0.2) is 9.84 Å². The SMILES string of the molecule is CC1=C[C@H]2C3=C(c4c(C)sc(C)c4[C@]2(C)S1(=O)=O)C(F)(F)C(F)(F)C3(F)F. The number of alkyl halides is 6. The Morgan fingerprint density at radius 3 is 2.07 bits per heavy atom. The highest BCUT2D eigenvalue weighted by Crippen LogP contribution is 2.71. The van der Waals surface area contributed by atoms with Gasteiger partial charge < -0.3 is 0 Å². The molecule has 1 aliphatic heterocycles. The molecule has 1 aromatic heterocycles. The second-order valence-corrected chi connectivity index (χ2v) is 11.3. The zero-order chi connectivity index (χ0) is 20.5. The van der Waals surface area contributed by atoms with Gasteiger partial charge in [0, 0.05) is 37.3 Å². The van der Waals surface area contributed by atoms with Gasteiger partial charge in [-0.2, -0.15) is 26.3 Å². The number of thiophene rings is 1. The fraction of sp³-hybridized carbons (Fsp3) is 0.529. The first kappa shape index (κ1) is 19.0. The molecule has 1 aromatic rings. The molecule has 27 heavy (non-hydrogen) atoms. The zero-order valence-electron chi connectivity index (χ0n) is 14.6. The Labute approximate surface area is 155 Å². The predicted molar refractivity (Wildman–Crippen MR) is 89.1 cm³/mol. The van der Waals surface area contributed by atoms with Gasteiger partial charge in [-0.25, -0.2) is 8.42 Å². The van der Waals surface area contributed by atoms with Gasteiger partial charge in [-0.15, -0.1) is 11.3 Å². The molecular weight excluding hydrogens is 414 g/mol. The zero-order valence-corrected chi connectivity index (χ0v) is 16.2. The minimum absolute atomic E-state index is 0.0741. The summed E-state index contributed by atoms with van der Waals surface area (Å²) in [7, 11) is -4.20. The summed E-state index contributed by atoms with van der Waals surface area (Å²) in [6.45, 7) is 5.15. The molecule has 0 unspecified atom stereocenters. The molecule has 4 rings (SSSR count). The van der Waals surface area contributed by atoms with E-state index in [1.807, 2.05) is 0 Å².